The summed E-state index contributed by atoms with van der Waals surface area (Å²) >= 11 is 0. The Morgan fingerprint density at radius 2 is 2.19 bits per heavy atom. The lowest BCUT2D eigenvalue weighted by atomic mass is 10.2. The first-order valence-electron chi connectivity index (χ1n) is 5.77. The molecule has 0 aliphatic heterocycles. The molecule has 1 atom stereocenters. The molecule has 0 amide bonds. The number of nitriles is 1. The normalized spacial score (nSPS) is 12.4. The molecule has 1 aromatic rings. The van der Waals surface area contributed by atoms with Crippen LogP contribution < -0.4 is 0 Å². The third-order valence-corrected chi connectivity index (χ3v) is 2.69. The van der Waals surface area contributed by atoms with Gasteiger partial charge in [0.25, 0.3) is 0 Å². The lowest BCUT2D eigenvalue weighted by Crippen LogP contribution is -2.33. The van der Waals surface area contributed by atoms with Crippen LogP contribution in [0.3, 0.4) is 0 Å². The van der Waals surface area contributed by atoms with Crippen LogP contribution in [0.1, 0.15) is 31.7 Å². The molecule has 0 aliphatic rings. The highest BCUT2D eigenvalue weighted by molar-refractivity contribution is 5.10. The summed E-state index contributed by atoms with van der Waals surface area (Å²) in [5, 5.41) is 9.05. The summed E-state index contributed by atoms with van der Waals surface area (Å²) in [5.74, 6) is 0. The van der Waals surface area contributed by atoms with Gasteiger partial charge in [0, 0.05) is 12.2 Å². The molecule has 0 aromatic carbocycles. The van der Waals surface area contributed by atoms with Crippen molar-refractivity contribution in [1.29, 1.82) is 5.26 Å². The van der Waals surface area contributed by atoms with Crippen molar-refractivity contribution >= 4 is 0 Å². The first kappa shape index (κ1) is 12.7. The molecule has 3 nitrogen and oxygen atoms in total. The van der Waals surface area contributed by atoms with Gasteiger partial charge < -0.3 is 0 Å². The van der Waals surface area contributed by atoms with E-state index in [1.54, 1.807) is 0 Å². The Bertz CT molecular complexity index is 368. The Morgan fingerprint density at radius 1 is 1.44 bits per heavy atom. The maximum Gasteiger partial charge on any atom is 0.0978 e. The third kappa shape index (κ3) is 3.32. The van der Waals surface area contributed by atoms with E-state index in [4.69, 9.17) is 5.26 Å². The molecule has 0 fully saturated rings. The van der Waals surface area contributed by atoms with Gasteiger partial charge in [0.2, 0.25) is 0 Å². The van der Waals surface area contributed by atoms with Crippen LogP contribution in [-0.4, -0.2) is 22.5 Å². The van der Waals surface area contributed by atoms with Crippen molar-refractivity contribution in [3.63, 3.8) is 0 Å². The maximum atomic E-state index is 9.05. The minimum absolute atomic E-state index is 0.00712. The lowest BCUT2D eigenvalue weighted by Gasteiger charge is -2.24. The fraction of sp³-hybridized carbons (Fsp3) is 0.538. The molecule has 0 saturated carbocycles. The molecule has 1 heterocycles. The van der Waals surface area contributed by atoms with Crippen LogP contribution in [0.2, 0.25) is 0 Å². The molecule has 0 N–H and O–H groups in total. The first-order chi connectivity index (χ1) is 7.71. The van der Waals surface area contributed by atoms with E-state index in [0.717, 1.165) is 30.9 Å². The summed E-state index contributed by atoms with van der Waals surface area (Å²) in [7, 11) is 0. The van der Waals surface area contributed by atoms with Gasteiger partial charge >= 0.3 is 0 Å². The van der Waals surface area contributed by atoms with E-state index in [1.807, 2.05) is 32.0 Å². The largest absolute Gasteiger partial charge is 0.282 e. The molecule has 16 heavy (non-hydrogen) atoms. The van der Waals surface area contributed by atoms with Gasteiger partial charge in [0.05, 0.1) is 17.8 Å². The van der Waals surface area contributed by atoms with Crippen molar-refractivity contribution in [3.05, 3.63) is 29.6 Å². The summed E-state index contributed by atoms with van der Waals surface area (Å²) in [6.07, 6.45) is 0.857. The van der Waals surface area contributed by atoms with Crippen molar-refractivity contribution in [2.75, 3.05) is 6.54 Å². The molecule has 0 radical (unpaired) electrons. The topological polar surface area (TPSA) is 39.9 Å². The Hall–Kier alpha value is -1.40. The number of pyridine rings is 1. The monoisotopic (exact) mass is 217 g/mol. The van der Waals surface area contributed by atoms with E-state index < -0.39 is 0 Å². The van der Waals surface area contributed by atoms with Gasteiger partial charge in [0.1, 0.15) is 0 Å². The zero-order valence-electron chi connectivity index (χ0n) is 10.3. The zero-order chi connectivity index (χ0) is 12.0. The van der Waals surface area contributed by atoms with Crippen molar-refractivity contribution in [2.24, 2.45) is 0 Å². The fourth-order valence-corrected chi connectivity index (χ4v) is 1.77. The van der Waals surface area contributed by atoms with Gasteiger partial charge in [-0.3, -0.25) is 9.88 Å². The quantitative estimate of drug-likeness (QED) is 0.760. The van der Waals surface area contributed by atoms with Crippen molar-refractivity contribution in [2.45, 2.75) is 39.8 Å². The highest BCUT2D eigenvalue weighted by Crippen LogP contribution is 2.09. The van der Waals surface area contributed by atoms with Crippen LogP contribution in [0.4, 0.5) is 0 Å². The van der Waals surface area contributed by atoms with Crippen molar-refractivity contribution in [1.82, 2.24) is 9.88 Å². The minimum atomic E-state index is -0.00712. The molecule has 0 spiro atoms. The van der Waals surface area contributed by atoms with Gasteiger partial charge in [0.15, 0.2) is 0 Å². The van der Waals surface area contributed by atoms with Gasteiger partial charge in [-0.15, -0.1) is 0 Å². The van der Waals surface area contributed by atoms with Crippen LogP contribution in [0.15, 0.2) is 18.2 Å². The first-order valence-corrected chi connectivity index (χ1v) is 5.77. The van der Waals surface area contributed by atoms with Gasteiger partial charge in [-0.2, -0.15) is 5.26 Å². The Balaban J connectivity index is 2.74. The van der Waals surface area contributed by atoms with E-state index in [2.05, 4.69) is 22.9 Å². The number of hydrogen-bond donors (Lipinski definition) is 0. The van der Waals surface area contributed by atoms with E-state index in [0.29, 0.717) is 0 Å². The molecule has 1 unspecified atom stereocenters. The number of nitrogens with zero attached hydrogens (tertiary/aromatic N) is 3. The van der Waals surface area contributed by atoms with Crippen molar-refractivity contribution < 1.29 is 0 Å². The highest BCUT2D eigenvalue weighted by Gasteiger charge is 2.14. The predicted molar refractivity (Wildman–Crippen MR) is 64.8 cm³/mol. The predicted octanol–water partition coefficient (Wildman–Crippen LogP) is 2.51. The van der Waals surface area contributed by atoms with E-state index in [-0.39, 0.29) is 6.04 Å². The maximum absolute atomic E-state index is 9.05. The van der Waals surface area contributed by atoms with Crippen LogP contribution in [0, 0.1) is 18.3 Å². The smallest absolute Gasteiger partial charge is 0.0978 e. The fourth-order valence-electron chi connectivity index (χ4n) is 1.77. The minimum Gasteiger partial charge on any atom is -0.282 e. The molecule has 1 aromatic heterocycles. The Labute approximate surface area is 97.7 Å². The number of rotatable bonds is 5. The second-order valence-corrected chi connectivity index (χ2v) is 3.89. The SMILES string of the molecule is CCC(C#N)N(CC)Cc1cccc(C)n1. The molecular formula is C13H19N3. The Morgan fingerprint density at radius 3 is 2.69 bits per heavy atom. The Kier molecular flexibility index (Phi) is 4.94. The summed E-state index contributed by atoms with van der Waals surface area (Å²) in [6, 6.07) is 8.34. The van der Waals surface area contributed by atoms with Gasteiger partial charge in [-0.05, 0) is 32.0 Å². The molecule has 0 bridgehead atoms. The van der Waals surface area contributed by atoms with Gasteiger partial charge in [-0.25, -0.2) is 0 Å². The third-order valence-electron chi connectivity index (χ3n) is 2.69. The molecule has 0 aliphatic carbocycles. The average molecular weight is 217 g/mol. The van der Waals surface area contributed by atoms with Gasteiger partial charge in [-0.1, -0.05) is 19.9 Å². The van der Waals surface area contributed by atoms with Crippen molar-refractivity contribution in [3.8, 4) is 6.07 Å². The summed E-state index contributed by atoms with van der Waals surface area (Å²) in [6.45, 7) is 7.74. The summed E-state index contributed by atoms with van der Waals surface area (Å²) in [4.78, 5) is 6.62. The van der Waals surface area contributed by atoms with Crippen LogP contribution in [0.5, 0.6) is 0 Å². The van der Waals surface area contributed by atoms with E-state index >= 15 is 0 Å². The second kappa shape index (κ2) is 6.24. The highest BCUT2D eigenvalue weighted by atomic mass is 15.2. The molecule has 86 valence electrons. The number of aromatic nitrogens is 1. The lowest BCUT2D eigenvalue weighted by molar-refractivity contribution is 0.229. The van der Waals surface area contributed by atoms with Crippen LogP contribution in [-0.2, 0) is 6.54 Å². The molecular weight excluding hydrogens is 198 g/mol. The van der Waals surface area contributed by atoms with Crippen LogP contribution in [0.25, 0.3) is 0 Å². The number of hydrogen-bond acceptors (Lipinski definition) is 3. The van der Waals surface area contributed by atoms with E-state index in [9.17, 15) is 0 Å². The second-order valence-electron chi connectivity index (χ2n) is 3.89. The molecule has 1 rings (SSSR count). The average Bonchev–Trinajstić information content (AvgIpc) is 2.29. The summed E-state index contributed by atoms with van der Waals surface area (Å²) in [5.41, 5.74) is 2.06. The number of aryl methyl sites for hydroxylation is 1. The summed E-state index contributed by atoms with van der Waals surface area (Å²) < 4.78 is 0. The zero-order valence-corrected chi connectivity index (χ0v) is 10.3. The van der Waals surface area contributed by atoms with Crippen LogP contribution >= 0.6 is 0 Å². The standard InChI is InChI=1S/C13H19N3/c1-4-13(9-14)16(5-2)10-12-8-6-7-11(3)15-12/h6-8,13H,4-5,10H2,1-3H3. The molecule has 0 saturated heterocycles. The van der Waals surface area contributed by atoms with E-state index in [1.165, 1.54) is 0 Å². The molecule has 3 heteroatoms.